The van der Waals surface area contributed by atoms with Crippen LogP contribution in [0.4, 0.5) is 5.69 Å². The van der Waals surface area contributed by atoms with Gasteiger partial charge in [0.2, 0.25) is 0 Å². The summed E-state index contributed by atoms with van der Waals surface area (Å²) in [5, 5.41) is 6.11. The maximum Gasteiger partial charge on any atom is 0.0597 e. The van der Waals surface area contributed by atoms with Crippen LogP contribution in [0.5, 0.6) is 0 Å². The molecule has 3 atom stereocenters. The number of aromatic nitrogens is 1. The molecule has 10 rings (SSSR count). The first-order chi connectivity index (χ1) is 23.8. The molecule has 0 amide bonds. The van der Waals surface area contributed by atoms with Crippen molar-refractivity contribution in [3.63, 3.8) is 0 Å². The summed E-state index contributed by atoms with van der Waals surface area (Å²) in [5.41, 5.74) is 15.3. The van der Waals surface area contributed by atoms with E-state index >= 15 is 0 Å². The highest BCUT2D eigenvalue weighted by atomic mass is 15.2. The molecule has 0 fully saturated rings. The Hall–Kier alpha value is -5.28. The van der Waals surface area contributed by atoms with Gasteiger partial charge in [-0.3, -0.25) is 0 Å². The second-order valence-electron chi connectivity index (χ2n) is 13.8. The number of para-hydroxylation sites is 2. The van der Waals surface area contributed by atoms with Gasteiger partial charge in [0.15, 0.2) is 0 Å². The van der Waals surface area contributed by atoms with E-state index in [-0.39, 0.29) is 18.0 Å². The molecule has 1 N–H and O–H groups in total. The van der Waals surface area contributed by atoms with Gasteiger partial charge < -0.3 is 14.8 Å². The maximum absolute atomic E-state index is 3.40. The van der Waals surface area contributed by atoms with Gasteiger partial charge in [0.25, 0.3) is 0 Å². The molecule has 4 aliphatic carbocycles. The van der Waals surface area contributed by atoms with Gasteiger partial charge in [0, 0.05) is 35.1 Å². The van der Waals surface area contributed by atoms with E-state index in [1.165, 1.54) is 72.2 Å². The fourth-order valence-electron chi connectivity index (χ4n) is 9.19. The molecule has 1 aromatic heterocycles. The van der Waals surface area contributed by atoms with E-state index in [1.807, 2.05) is 0 Å². The molecule has 3 unspecified atom stereocenters. The molecule has 3 aromatic carbocycles. The van der Waals surface area contributed by atoms with Crippen LogP contribution in [0.3, 0.4) is 0 Å². The quantitative estimate of drug-likeness (QED) is 0.249. The Labute approximate surface area is 282 Å². The molecule has 2 aliphatic heterocycles. The molecule has 4 aromatic rings. The SMILES string of the molecule is C1=CC2c3c4c(n(-c5ccccc5)c3-c3ccccc3N(C3C=c5cc(C6=C7C=CNCC7=CCC6)ccc5=CC3)C2C=C1)CCC=C4. The van der Waals surface area contributed by atoms with E-state index in [2.05, 4.69) is 155 Å². The van der Waals surface area contributed by atoms with E-state index < -0.39 is 0 Å². The van der Waals surface area contributed by atoms with Gasteiger partial charge in [-0.15, -0.1) is 0 Å². The lowest BCUT2D eigenvalue weighted by molar-refractivity contribution is 0.596. The fourth-order valence-corrected chi connectivity index (χ4v) is 9.19. The number of hydrogen-bond acceptors (Lipinski definition) is 2. The first-order valence-electron chi connectivity index (χ1n) is 17.7. The Morgan fingerprint density at radius 1 is 0.792 bits per heavy atom. The van der Waals surface area contributed by atoms with Crippen molar-refractivity contribution in [1.29, 1.82) is 0 Å². The van der Waals surface area contributed by atoms with Crippen LogP contribution in [0.15, 0.2) is 133 Å². The summed E-state index contributed by atoms with van der Waals surface area (Å²) in [7, 11) is 0. The number of rotatable bonds is 3. The van der Waals surface area contributed by atoms with Gasteiger partial charge in [-0.25, -0.2) is 0 Å². The number of benzene rings is 3. The third-order valence-electron chi connectivity index (χ3n) is 11.3. The zero-order valence-corrected chi connectivity index (χ0v) is 27.1. The molecule has 3 heteroatoms. The Bertz CT molecular complexity index is 2290. The van der Waals surface area contributed by atoms with Gasteiger partial charge >= 0.3 is 0 Å². The third kappa shape index (κ3) is 4.27. The number of hydrogen-bond donors (Lipinski definition) is 1. The van der Waals surface area contributed by atoms with Crippen molar-refractivity contribution in [1.82, 2.24) is 9.88 Å². The summed E-state index contributed by atoms with van der Waals surface area (Å²) in [6, 6.07) is 27.8. The van der Waals surface area contributed by atoms with Crippen molar-refractivity contribution < 1.29 is 0 Å². The van der Waals surface area contributed by atoms with Crippen molar-refractivity contribution in [2.45, 2.75) is 50.1 Å². The molecule has 0 spiro atoms. The smallest absolute Gasteiger partial charge is 0.0597 e. The lowest BCUT2D eigenvalue weighted by Gasteiger charge is -2.41. The highest BCUT2D eigenvalue weighted by Crippen LogP contribution is 2.51. The van der Waals surface area contributed by atoms with Crippen LogP contribution >= 0.6 is 0 Å². The predicted molar refractivity (Wildman–Crippen MR) is 200 cm³/mol. The second kappa shape index (κ2) is 11.2. The van der Waals surface area contributed by atoms with Crippen LogP contribution < -0.4 is 20.7 Å². The average molecular weight is 622 g/mol. The minimum atomic E-state index is 0.207. The normalized spacial score (nSPS) is 22.9. The highest BCUT2D eigenvalue weighted by Gasteiger charge is 2.41. The van der Waals surface area contributed by atoms with E-state index in [1.54, 1.807) is 0 Å². The molecule has 0 bridgehead atoms. The Morgan fingerprint density at radius 2 is 1.69 bits per heavy atom. The number of nitrogens with one attached hydrogen (secondary N) is 1. The zero-order chi connectivity index (χ0) is 31.6. The van der Waals surface area contributed by atoms with Crippen LogP contribution in [0.2, 0.25) is 0 Å². The van der Waals surface area contributed by atoms with Crippen molar-refractivity contribution in [2.75, 3.05) is 11.4 Å². The topological polar surface area (TPSA) is 20.2 Å². The number of anilines is 1. The van der Waals surface area contributed by atoms with Crippen LogP contribution in [0.1, 0.15) is 54.0 Å². The predicted octanol–water partition coefficient (Wildman–Crippen LogP) is 8.13. The molecule has 48 heavy (non-hydrogen) atoms. The van der Waals surface area contributed by atoms with Gasteiger partial charge in [-0.05, 0) is 112 Å². The molecule has 3 heterocycles. The van der Waals surface area contributed by atoms with Crippen molar-refractivity contribution in [3.8, 4) is 16.9 Å². The first kappa shape index (κ1) is 27.8. The van der Waals surface area contributed by atoms with Crippen molar-refractivity contribution in [3.05, 3.63) is 165 Å². The van der Waals surface area contributed by atoms with E-state index in [0.717, 1.165) is 38.6 Å². The van der Waals surface area contributed by atoms with E-state index in [4.69, 9.17) is 0 Å². The van der Waals surface area contributed by atoms with Crippen molar-refractivity contribution >= 4 is 29.5 Å². The first-order valence-corrected chi connectivity index (χ1v) is 17.7. The zero-order valence-electron chi connectivity index (χ0n) is 27.1. The lowest BCUT2D eigenvalue weighted by atomic mass is 9.83. The second-order valence-corrected chi connectivity index (χ2v) is 13.8. The van der Waals surface area contributed by atoms with Gasteiger partial charge in [-0.2, -0.15) is 0 Å². The highest BCUT2D eigenvalue weighted by molar-refractivity contribution is 5.88. The Balaban J connectivity index is 1.16. The largest absolute Gasteiger partial charge is 0.387 e. The lowest BCUT2D eigenvalue weighted by Crippen LogP contribution is -2.47. The number of fused-ring (bicyclic) bond motifs is 9. The van der Waals surface area contributed by atoms with E-state index in [0.29, 0.717) is 0 Å². The van der Waals surface area contributed by atoms with Gasteiger partial charge in [0.05, 0.1) is 17.8 Å². The molecule has 3 nitrogen and oxygen atoms in total. The van der Waals surface area contributed by atoms with Crippen LogP contribution in [-0.4, -0.2) is 23.2 Å². The maximum atomic E-state index is 3.40. The summed E-state index contributed by atoms with van der Waals surface area (Å²) >= 11 is 0. The fraction of sp³-hybridized carbons (Fsp3) is 0.200. The Kier molecular flexibility index (Phi) is 6.46. The summed E-state index contributed by atoms with van der Waals surface area (Å²) in [6.07, 6.45) is 31.4. The summed E-state index contributed by atoms with van der Waals surface area (Å²) in [4.78, 5) is 2.75. The summed E-state index contributed by atoms with van der Waals surface area (Å²) < 4.78 is 2.59. The Morgan fingerprint density at radius 3 is 2.65 bits per heavy atom. The molecular weight excluding hydrogens is 583 g/mol. The van der Waals surface area contributed by atoms with E-state index in [9.17, 15) is 0 Å². The van der Waals surface area contributed by atoms with Crippen LogP contribution in [-0.2, 0) is 6.42 Å². The van der Waals surface area contributed by atoms with Crippen LogP contribution in [0.25, 0.3) is 40.7 Å². The molecule has 0 radical (unpaired) electrons. The number of nitrogens with zero attached hydrogens (tertiary/aromatic N) is 2. The minimum absolute atomic E-state index is 0.207. The monoisotopic (exact) mass is 621 g/mol. The molecule has 6 aliphatic rings. The van der Waals surface area contributed by atoms with Gasteiger partial charge in [-0.1, -0.05) is 103 Å². The summed E-state index contributed by atoms with van der Waals surface area (Å²) in [6.45, 7) is 0.926. The van der Waals surface area contributed by atoms with Crippen LogP contribution in [0, 0.1) is 0 Å². The molecular formula is C45H39N3. The van der Waals surface area contributed by atoms with Gasteiger partial charge in [0.1, 0.15) is 0 Å². The number of allylic oxidation sites excluding steroid dienone is 6. The third-order valence-corrected chi connectivity index (χ3v) is 11.3. The molecule has 0 saturated heterocycles. The molecule has 234 valence electrons. The standard InChI is InChI=1S/C45H39N3/c1-2-12-34(13-3-1)48-42-19-8-5-15-39(42)44-38-14-4-7-18-41(38)47(43-20-9-6-16-40(43)45(44)48)35-24-23-30-21-22-31(27-33(30)28-35)36-17-10-11-32-29-46-26-25-37(32)36/h1-7,9,11-16,18,20-23,25-28,35,38,41,46H,8,10,17,19,24,29H2. The molecule has 0 saturated carbocycles. The van der Waals surface area contributed by atoms with Crippen molar-refractivity contribution in [2.24, 2.45) is 0 Å². The minimum Gasteiger partial charge on any atom is -0.387 e. The summed E-state index contributed by atoms with van der Waals surface area (Å²) in [5.74, 6) is 0.242. The average Bonchev–Trinajstić information content (AvgIpc) is 3.44.